The number of aromatic nitrogens is 5. The Morgan fingerprint density at radius 3 is 1.05 bits per heavy atom. The van der Waals surface area contributed by atoms with Crippen LogP contribution in [-0.2, 0) is 53.3 Å². The molecule has 0 radical (unpaired) electrons. The van der Waals surface area contributed by atoms with Gasteiger partial charge in [0.15, 0.2) is 0 Å². The van der Waals surface area contributed by atoms with Crippen LogP contribution < -0.4 is 16.0 Å². The maximum absolute atomic E-state index is 12.4. The fraction of sp³-hybridized carbons (Fsp3) is 0.429. The summed E-state index contributed by atoms with van der Waals surface area (Å²) in [5.41, 5.74) is 8.94. The summed E-state index contributed by atoms with van der Waals surface area (Å²) in [6.45, 7) is 6.10. The maximum Gasteiger partial charge on any atom is 0.307 e. The normalized spacial score (nSPS) is 20.0. The molecule has 0 aliphatic carbocycles. The highest BCUT2D eigenvalue weighted by molar-refractivity contribution is 5.72. The second kappa shape index (κ2) is 21.1. The smallest absolute Gasteiger partial charge is 0.307 e. The van der Waals surface area contributed by atoms with Crippen molar-refractivity contribution in [2.45, 2.75) is 58.2 Å². The van der Waals surface area contributed by atoms with Crippen LogP contribution in [0.3, 0.4) is 0 Å². The van der Waals surface area contributed by atoms with Gasteiger partial charge in [0.1, 0.15) is 0 Å². The molecule has 0 aromatic carbocycles. The number of hydrogen-bond acceptors (Lipinski definition) is 12. The fourth-order valence-corrected chi connectivity index (χ4v) is 9.85. The van der Waals surface area contributed by atoms with Gasteiger partial charge in [0.05, 0.1) is 17.8 Å². The predicted molar refractivity (Wildman–Crippen MR) is 240 cm³/mol. The van der Waals surface area contributed by atoms with Crippen LogP contribution in [0.1, 0.15) is 52.6 Å². The fourth-order valence-electron chi connectivity index (χ4n) is 9.85. The van der Waals surface area contributed by atoms with Crippen molar-refractivity contribution in [3.63, 3.8) is 0 Å². The molecule has 15 heteroatoms. The summed E-state index contributed by atoms with van der Waals surface area (Å²) in [7, 11) is 0. The first-order valence-corrected chi connectivity index (χ1v) is 22.4. The Morgan fingerprint density at radius 2 is 0.734 bits per heavy atom. The summed E-state index contributed by atoms with van der Waals surface area (Å²) >= 11 is 0. The van der Waals surface area contributed by atoms with E-state index >= 15 is 0 Å². The molecule has 0 amide bonds. The summed E-state index contributed by atoms with van der Waals surface area (Å²) in [6.07, 6.45) is 21.7. The topological polar surface area (TPSA) is 216 Å². The lowest BCUT2D eigenvalue weighted by atomic mass is 9.86. The van der Waals surface area contributed by atoms with Crippen LogP contribution in [0.15, 0.2) is 92.3 Å². The number of carboxylic acids is 3. The molecule has 5 aromatic rings. The largest absolute Gasteiger partial charge is 0.481 e. The molecule has 5 aromatic heterocycles. The minimum absolute atomic E-state index is 0.0652. The molecule has 334 valence electrons. The molecule has 3 saturated heterocycles. The average molecular weight is 868 g/mol. The number of nitrogens with one attached hydrogen (secondary N) is 3. The monoisotopic (exact) mass is 867 g/mol. The van der Waals surface area contributed by atoms with Crippen LogP contribution in [0.25, 0.3) is 22.3 Å². The van der Waals surface area contributed by atoms with E-state index in [0.29, 0.717) is 58.5 Å². The number of nitrogens with zero attached hydrogens (tertiary/aromatic N) is 6. The van der Waals surface area contributed by atoms with E-state index in [1.807, 2.05) is 30.7 Å². The third-order valence-electron chi connectivity index (χ3n) is 13.2. The Balaban J connectivity index is 1.04. The Hall–Kier alpha value is -6.00. The number of pyridine rings is 5. The summed E-state index contributed by atoms with van der Waals surface area (Å²) < 4.78 is 0. The molecule has 6 unspecified atom stereocenters. The molecule has 0 saturated carbocycles. The zero-order valence-corrected chi connectivity index (χ0v) is 36.0. The molecule has 8 heterocycles. The van der Waals surface area contributed by atoms with Gasteiger partial charge < -0.3 is 31.3 Å². The van der Waals surface area contributed by atoms with E-state index in [1.54, 1.807) is 43.4 Å². The van der Waals surface area contributed by atoms with Gasteiger partial charge in [-0.2, -0.15) is 0 Å². The summed E-state index contributed by atoms with van der Waals surface area (Å²) in [5, 5.41) is 40.2. The van der Waals surface area contributed by atoms with Crippen LogP contribution in [0.2, 0.25) is 0 Å². The highest BCUT2D eigenvalue weighted by Crippen LogP contribution is 2.30. The van der Waals surface area contributed by atoms with Gasteiger partial charge in [-0.1, -0.05) is 6.07 Å². The van der Waals surface area contributed by atoms with Crippen LogP contribution >= 0.6 is 0 Å². The van der Waals surface area contributed by atoms with E-state index in [9.17, 15) is 29.7 Å². The zero-order valence-electron chi connectivity index (χ0n) is 36.0. The lowest BCUT2D eigenvalue weighted by Crippen LogP contribution is -2.27. The molecule has 0 spiro atoms. The first-order chi connectivity index (χ1) is 31.1. The van der Waals surface area contributed by atoms with E-state index in [4.69, 9.17) is 0 Å². The molecular formula is C49H57N9O6. The van der Waals surface area contributed by atoms with E-state index in [1.165, 1.54) is 0 Å². The number of rotatable bonds is 20. The molecule has 0 bridgehead atoms. The highest BCUT2D eigenvalue weighted by atomic mass is 16.4. The van der Waals surface area contributed by atoms with Gasteiger partial charge in [0.25, 0.3) is 0 Å². The third kappa shape index (κ3) is 11.6. The highest BCUT2D eigenvalue weighted by Gasteiger charge is 2.33. The molecule has 3 aliphatic heterocycles. The van der Waals surface area contributed by atoms with Gasteiger partial charge in [0.2, 0.25) is 0 Å². The first kappa shape index (κ1) is 44.6. The zero-order chi connectivity index (χ0) is 44.4. The van der Waals surface area contributed by atoms with Crippen molar-refractivity contribution in [2.24, 2.45) is 35.5 Å². The Kier molecular flexibility index (Phi) is 14.7. The van der Waals surface area contributed by atoms with Crippen LogP contribution in [-0.4, -0.2) is 102 Å². The molecule has 8 rings (SSSR count). The Morgan fingerprint density at radius 1 is 0.453 bits per heavy atom. The van der Waals surface area contributed by atoms with Crippen molar-refractivity contribution in [3.8, 4) is 22.3 Å². The molecule has 64 heavy (non-hydrogen) atoms. The van der Waals surface area contributed by atoms with Gasteiger partial charge in [-0.25, -0.2) is 0 Å². The van der Waals surface area contributed by atoms with Crippen molar-refractivity contribution in [1.82, 2.24) is 45.8 Å². The SMILES string of the molecule is O=C(O)C(Cc1cncc(CN(Cc2cncc(-c3cncc(CC(C(=O)O)C4CCNC4)c3)c2)Cc2cncc(-c3cncc(CC(C(=O)O)C4CCNC4)c3)c2)c1)C1CCNC1. The first-order valence-electron chi connectivity index (χ1n) is 22.4. The predicted octanol–water partition coefficient (Wildman–Crippen LogP) is 4.76. The van der Waals surface area contributed by atoms with Crippen molar-refractivity contribution >= 4 is 17.9 Å². The van der Waals surface area contributed by atoms with E-state index < -0.39 is 35.7 Å². The molecule has 3 fully saturated rings. The second-order valence-electron chi connectivity index (χ2n) is 17.9. The molecule has 6 N–H and O–H groups in total. The lowest BCUT2D eigenvalue weighted by molar-refractivity contribution is -0.144. The summed E-state index contributed by atoms with van der Waals surface area (Å²) in [6, 6.07) is 10.3. The molecule has 15 nitrogen and oxygen atoms in total. The molecule has 3 aliphatic rings. The summed E-state index contributed by atoms with van der Waals surface area (Å²) in [5.74, 6) is -3.65. The minimum Gasteiger partial charge on any atom is -0.481 e. The Labute approximate surface area is 373 Å². The van der Waals surface area contributed by atoms with E-state index in [0.717, 1.165) is 94.5 Å². The average Bonchev–Trinajstić information content (AvgIpc) is 4.13. The number of aliphatic carboxylic acids is 3. The van der Waals surface area contributed by atoms with Gasteiger partial charge in [-0.05, 0) is 153 Å². The van der Waals surface area contributed by atoms with E-state index in [-0.39, 0.29) is 17.8 Å². The number of carbonyl (C=O) groups is 3. The quantitative estimate of drug-likeness (QED) is 0.0622. The van der Waals surface area contributed by atoms with Crippen molar-refractivity contribution in [2.75, 3.05) is 39.3 Å². The maximum atomic E-state index is 12.4. The van der Waals surface area contributed by atoms with Crippen molar-refractivity contribution in [3.05, 3.63) is 126 Å². The number of hydrogen-bond donors (Lipinski definition) is 6. The van der Waals surface area contributed by atoms with Gasteiger partial charge in [0, 0.05) is 104 Å². The second-order valence-corrected chi connectivity index (χ2v) is 17.9. The van der Waals surface area contributed by atoms with Crippen molar-refractivity contribution < 1.29 is 29.7 Å². The van der Waals surface area contributed by atoms with Crippen LogP contribution in [0.5, 0.6) is 0 Å². The Bertz CT molecular complexity index is 2270. The number of carboxylic acid groups (broad SMARTS) is 3. The van der Waals surface area contributed by atoms with Crippen molar-refractivity contribution in [1.29, 1.82) is 0 Å². The molecule has 6 atom stereocenters. The lowest BCUT2D eigenvalue weighted by Gasteiger charge is -2.24. The minimum atomic E-state index is -0.789. The van der Waals surface area contributed by atoms with Crippen LogP contribution in [0.4, 0.5) is 0 Å². The van der Waals surface area contributed by atoms with Gasteiger partial charge >= 0.3 is 17.9 Å². The van der Waals surface area contributed by atoms with Crippen LogP contribution in [0, 0.1) is 35.5 Å². The standard InChI is InChI=1S/C49H57N9O6/c59-47(60)44(37-1-4-50-21-37)12-31-7-34(18-53-15-31)28-58(29-35-10-42(26-56-19-35)40-8-32(16-54-24-40)13-45(48(61)62)38-2-5-51-22-38)30-36-11-43(27-57-20-36)41-9-33(17-55-25-41)14-46(49(63)64)39-3-6-52-23-39/h7-11,15-20,24-27,37-39,44-46,50-52H,1-6,12-14,21-23,28-30H2,(H,59,60)(H,61,62)(H,63,64). The summed E-state index contributed by atoms with van der Waals surface area (Å²) in [4.78, 5) is 62.1. The van der Waals surface area contributed by atoms with Gasteiger partial charge in [-0.15, -0.1) is 0 Å². The van der Waals surface area contributed by atoms with E-state index in [2.05, 4.69) is 64.0 Å². The molecular weight excluding hydrogens is 811 g/mol. The third-order valence-corrected chi connectivity index (χ3v) is 13.2. The van der Waals surface area contributed by atoms with Gasteiger partial charge in [-0.3, -0.25) is 44.2 Å².